The molecule has 4 aromatic carbocycles. The predicted octanol–water partition coefficient (Wildman–Crippen LogP) is 13.9. The SMILES string of the molecule is C=C1C[C@@H]2/C=C/C(C)C[C@H]3O[C@H]4[C@@H](O[Si](c5ccccc5)(c5ccccc5)C(C)(C)C)[C@H]5O[C@H](CC[C@@H]5O[C@H]4[C@H]3O[Si](c3ccccc3)(c3ccccc3)C(C)(C)C)CC(=O)C[C@H]3C(C[C@H]4O[C@@H](CCC1O2)C[C@@H](C)C4=C)O[C@H](C[C@H]1CN(C(=O)OC(C)(C)C)C(C)(C)O1)[C@@H]3C. The molecule has 12 rings (SSSR count). The van der Waals surface area contributed by atoms with Crippen molar-refractivity contribution in [1.29, 1.82) is 0 Å². The molecule has 0 radical (unpaired) electrons. The van der Waals surface area contributed by atoms with E-state index in [0.29, 0.717) is 45.1 Å². The molecule has 0 spiro atoms. The summed E-state index contributed by atoms with van der Waals surface area (Å²) in [6, 6.07) is 43.5. The quantitative estimate of drug-likeness (QED) is 0.111. The van der Waals surface area contributed by atoms with Gasteiger partial charge in [-0.2, -0.15) is 0 Å². The highest BCUT2D eigenvalue weighted by molar-refractivity contribution is 7.00. The van der Waals surface area contributed by atoms with Crippen LogP contribution in [0.3, 0.4) is 0 Å². The monoisotopic (exact) mass is 1350 g/mol. The smallest absolute Gasteiger partial charge is 0.412 e. The first-order valence-electron chi connectivity index (χ1n) is 36.3. The molecule has 19 atom stereocenters. The third-order valence-electron chi connectivity index (χ3n) is 22.6. The molecule has 15 heteroatoms. The molecule has 0 saturated carbocycles. The average Bonchev–Trinajstić information content (AvgIpc) is 1.36. The lowest BCUT2D eigenvalue weighted by atomic mass is 9.78. The second-order valence-corrected chi connectivity index (χ2v) is 41.7. The molecule has 0 aliphatic carbocycles. The molecule has 1 amide bonds. The highest BCUT2D eigenvalue weighted by Crippen LogP contribution is 2.50. The van der Waals surface area contributed by atoms with Gasteiger partial charge in [0.05, 0.1) is 67.6 Å². The minimum absolute atomic E-state index is 0.0103. The van der Waals surface area contributed by atoms with Gasteiger partial charge in [0.25, 0.3) is 16.6 Å². The van der Waals surface area contributed by atoms with Crippen LogP contribution in [0.1, 0.15) is 168 Å². The third-order valence-corrected chi connectivity index (χ3v) is 32.7. The summed E-state index contributed by atoms with van der Waals surface area (Å²) >= 11 is 0. The van der Waals surface area contributed by atoms with Crippen molar-refractivity contribution >= 4 is 49.3 Å². The van der Waals surface area contributed by atoms with E-state index in [1.807, 2.05) is 34.6 Å². The highest BCUT2D eigenvalue weighted by atomic mass is 28.4. The summed E-state index contributed by atoms with van der Waals surface area (Å²) in [5.41, 5.74) is 0.628. The lowest BCUT2D eigenvalue weighted by molar-refractivity contribution is -0.254. The Labute approximate surface area is 576 Å². The maximum Gasteiger partial charge on any atom is 0.412 e. The van der Waals surface area contributed by atoms with Crippen molar-refractivity contribution < 1.29 is 56.3 Å². The summed E-state index contributed by atoms with van der Waals surface area (Å²) in [7, 11) is -6.61. The number of allylic oxidation sites excluding steroid dienone is 1. The minimum Gasteiger partial charge on any atom is -0.444 e. The highest BCUT2D eigenvalue weighted by Gasteiger charge is 2.65. The number of fused-ring (bicyclic) bond motifs is 7. The zero-order valence-electron chi connectivity index (χ0n) is 59.9. The van der Waals surface area contributed by atoms with Crippen molar-refractivity contribution in [3.05, 3.63) is 158 Å². The predicted molar refractivity (Wildman–Crippen MR) is 383 cm³/mol. The van der Waals surface area contributed by atoms with Crippen LogP contribution in [0.4, 0.5) is 4.79 Å². The topological polar surface area (TPSA) is 130 Å². The molecule has 3 unspecified atom stereocenters. The number of Topliss-reactive ketones (excluding diaryl/α,β-unsaturated/α-hetero) is 1. The molecular formula is C81H111NO12Si2. The maximum absolute atomic E-state index is 15.5. The van der Waals surface area contributed by atoms with Crippen LogP contribution in [-0.4, -0.2) is 143 Å². The van der Waals surface area contributed by atoms with Gasteiger partial charge >= 0.3 is 6.09 Å². The molecule has 0 N–H and O–H groups in total. The number of amides is 1. The fourth-order valence-corrected chi connectivity index (χ4v) is 27.2. The molecule has 8 heterocycles. The molecule has 8 aliphatic rings. The van der Waals surface area contributed by atoms with Crippen LogP contribution in [0.25, 0.3) is 0 Å². The minimum atomic E-state index is -3.35. The third kappa shape index (κ3) is 14.5. The fraction of sp³-hybridized carbons (Fsp3) is 0.605. The Hall–Kier alpha value is -4.89. The van der Waals surface area contributed by atoms with Crippen LogP contribution in [0.2, 0.25) is 10.1 Å². The lowest BCUT2D eigenvalue weighted by Crippen LogP contribution is -2.73. The number of benzene rings is 4. The van der Waals surface area contributed by atoms with Crippen molar-refractivity contribution in [2.75, 3.05) is 6.54 Å². The summed E-state index contributed by atoms with van der Waals surface area (Å²) in [5, 5.41) is 3.96. The number of ketones is 1. The van der Waals surface area contributed by atoms with Gasteiger partial charge in [-0.1, -0.05) is 209 Å². The lowest BCUT2D eigenvalue weighted by Gasteiger charge is -2.53. The molecule has 520 valence electrons. The van der Waals surface area contributed by atoms with Gasteiger partial charge in [0, 0.05) is 32.1 Å². The number of ether oxygens (including phenoxy) is 8. The second kappa shape index (κ2) is 28.3. The van der Waals surface area contributed by atoms with Crippen molar-refractivity contribution in [2.45, 2.75) is 281 Å². The van der Waals surface area contributed by atoms with E-state index < -0.39 is 87.9 Å². The molecule has 96 heavy (non-hydrogen) atoms. The molecule has 13 nitrogen and oxygen atoms in total. The van der Waals surface area contributed by atoms with Gasteiger partial charge in [0.15, 0.2) is 0 Å². The number of rotatable bonds is 10. The summed E-state index contributed by atoms with van der Waals surface area (Å²) in [6.45, 7) is 39.9. The van der Waals surface area contributed by atoms with Crippen LogP contribution in [0.5, 0.6) is 0 Å². The van der Waals surface area contributed by atoms with E-state index >= 15 is 4.79 Å². The molecule has 7 saturated heterocycles. The number of carbonyl (C=O) groups is 2. The first-order valence-corrected chi connectivity index (χ1v) is 40.1. The Morgan fingerprint density at radius 2 is 1.11 bits per heavy atom. The number of nitrogens with zero attached hydrogens (tertiary/aromatic N) is 1. The van der Waals surface area contributed by atoms with Gasteiger partial charge in [-0.05, 0) is 139 Å². The van der Waals surface area contributed by atoms with E-state index in [0.717, 1.165) is 47.2 Å². The summed E-state index contributed by atoms with van der Waals surface area (Å²) in [4.78, 5) is 30.8. The van der Waals surface area contributed by atoms with E-state index in [4.69, 9.17) is 46.7 Å². The van der Waals surface area contributed by atoms with E-state index in [2.05, 4.69) is 209 Å². The van der Waals surface area contributed by atoms with Gasteiger partial charge in [-0.15, -0.1) is 0 Å². The fourth-order valence-electron chi connectivity index (χ4n) is 17.8. The van der Waals surface area contributed by atoms with Crippen molar-refractivity contribution in [3.63, 3.8) is 0 Å². The first kappa shape index (κ1) is 71.0. The number of carbonyl (C=O) groups excluding carboxylic acids is 2. The zero-order valence-corrected chi connectivity index (χ0v) is 61.9. The van der Waals surface area contributed by atoms with Crippen molar-refractivity contribution in [3.8, 4) is 0 Å². The van der Waals surface area contributed by atoms with E-state index in [1.165, 1.54) is 10.4 Å². The Morgan fingerprint density at radius 1 is 0.573 bits per heavy atom. The summed E-state index contributed by atoms with van der Waals surface area (Å²) in [6.07, 6.45) is 5.48. The number of hydrogen-bond donors (Lipinski definition) is 0. The van der Waals surface area contributed by atoms with E-state index in [9.17, 15) is 4.79 Å². The van der Waals surface area contributed by atoms with E-state index in [1.54, 1.807) is 4.90 Å². The molecular weight excluding hydrogens is 1240 g/mol. The zero-order chi connectivity index (χ0) is 68.3. The standard InChI is InChI=1S/C81H111NO12Si2/c1-51-37-38-57-45-53(3)66(85-57)41-39-58-44-52(2)54(4)69(86-58)49-70-65(55(5)68(88-70)48-60-50-82(81(15,16)91-60)77(84)92-78(6,7)8)47-56(83)46-59-40-42-67-72(87-59)76(94-96(80(12,13)14,63-33-25-19-26-34-63)64-35-27-20-28-36-64)75-74(89-67)73(71(43-51)90-75)93-95(79(9,10)11,61-29-21-17-22-30-61)62-31-23-18-24-32-62/h17-38,51-52,55,57-60,65-76H,3-4,39-50H2,1-2,5-16H3/b38-37+/t51?,52-,55-,57+,58+,59-,60+,65-,66?,67+,68-,69-,70?,71-,72+,73+,74+,75-,76+/m1/s1. The van der Waals surface area contributed by atoms with Gasteiger partial charge < -0.3 is 46.7 Å². The maximum atomic E-state index is 15.5. The average molecular weight is 1350 g/mol. The van der Waals surface area contributed by atoms with Crippen molar-refractivity contribution in [2.24, 2.45) is 23.7 Å². The molecule has 7 fully saturated rings. The van der Waals surface area contributed by atoms with Crippen LogP contribution >= 0.6 is 0 Å². The Morgan fingerprint density at radius 3 is 1.68 bits per heavy atom. The largest absolute Gasteiger partial charge is 0.444 e. The summed E-state index contributed by atoms with van der Waals surface area (Å²) < 4.78 is 74.1. The molecule has 8 bridgehead atoms. The van der Waals surface area contributed by atoms with Crippen LogP contribution in [-0.2, 0) is 51.5 Å². The van der Waals surface area contributed by atoms with Gasteiger partial charge in [-0.25, -0.2) is 4.79 Å². The first-order chi connectivity index (χ1) is 45.5. The Bertz CT molecular complexity index is 3280. The Kier molecular flexibility index (Phi) is 20.9. The molecule has 8 aliphatic heterocycles. The van der Waals surface area contributed by atoms with Crippen LogP contribution in [0.15, 0.2) is 158 Å². The van der Waals surface area contributed by atoms with Crippen LogP contribution in [0, 0.1) is 23.7 Å². The summed E-state index contributed by atoms with van der Waals surface area (Å²) in [5.74, 6) is 0.247. The van der Waals surface area contributed by atoms with E-state index in [-0.39, 0.29) is 83.6 Å². The molecule has 4 aromatic rings. The van der Waals surface area contributed by atoms with Crippen molar-refractivity contribution in [1.82, 2.24) is 4.90 Å². The van der Waals surface area contributed by atoms with Crippen LogP contribution < -0.4 is 20.7 Å². The normalized spacial score (nSPS) is 35.1. The molecule has 0 aromatic heterocycles. The Balaban J connectivity index is 0.937. The van der Waals surface area contributed by atoms with Gasteiger partial charge in [0.2, 0.25) is 0 Å². The van der Waals surface area contributed by atoms with Gasteiger partial charge in [-0.3, -0.25) is 9.69 Å². The van der Waals surface area contributed by atoms with Gasteiger partial charge in [0.1, 0.15) is 47.6 Å². The second-order valence-electron chi connectivity index (χ2n) is 33.2. The number of hydrogen-bond acceptors (Lipinski definition) is 12.